The van der Waals surface area contributed by atoms with Crippen LogP contribution in [0.25, 0.3) is 0 Å². The van der Waals surface area contributed by atoms with Crippen LogP contribution in [0, 0.1) is 5.92 Å². The Balaban J connectivity index is 1.33. The molecule has 0 atom stereocenters. The van der Waals surface area contributed by atoms with E-state index in [0.717, 1.165) is 29.8 Å². The number of rotatable bonds is 4. The predicted molar refractivity (Wildman–Crippen MR) is 115 cm³/mol. The monoisotopic (exact) mass is 432 g/mol. The highest BCUT2D eigenvalue weighted by atomic mass is 35.5. The number of piperazine rings is 1. The lowest BCUT2D eigenvalue weighted by molar-refractivity contribution is -0.139. The van der Waals surface area contributed by atoms with Crippen LogP contribution in [0.1, 0.15) is 39.0 Å². The van der Waals surface area contributed by atoms with Crippen molar-refractivity contribution in [2.75, 3.05) is 37.6 Å². The summed E-state index contributed by atoms with van der Waals surface area (Å²) in [5.74, 6) is 0.211. The fourth-order valence-electron chi connectivity index (χ4n) is 4.86. The normalized spacial score (nSPS) is 27.0. The van der Waals surface area contributed by atoms with Crippen LogP contribution in [0.4, 0.5) is 10.5 Å². The van der Waals surface area contributed by atoms with E-state index in [2.05, 4.69) is 17.1 Å². The minimum atomic E-state index is -0.797. The second-order valence-electron chi connectivity index (χ2n) is 8.60. The van der Waals surface area contributed by atoms with Gasteiger partial charge in [-0.1, -0.05) is 31.0 Å². The Morgan fingerprint density at radius 1 is 1.17 bits per heavy atom. The van der Waals surface area contributed by atoms with E-state index in [0.29, 0.717) is 50.0 Å². The summed E-state index contributed by atoms with van der Waals surface area (Å²) in [7, 11) is 0. The summed E-state index contributed by atoms with van der Waals surface area (Å²) in [6.07, 6.45) is 4.31. The van der Waals surface area contributed by atoms with Crippen molar-refractivity contribution in [1.29, 1.82) is 0 Å². The van der Waals surface area contributed by atoms with Gasteiger partial charge in [-0.05, 0) is 49.8 Å². The number of urea groups is 1. The maximum Gasteiger partial charge on any atom is 0.325 e. The quantitative estimate of drug-likeness (QED) is 0.742. The predicted octanol–water partition coefficient (Wildman–Crippen LogP) is 2.88. The summed E-state index contributed by atoms with van der Waals surface area (Å²) in [5, 5.41) is 3.59. The Labute approximate surface area is 182 Å². The van der Waals surface area contributed by atoms with Crippen molar-refractivity contribution >= 4 is 35.1 Å². The molecule has 1 aromatic rings. The van der Waals surface area contributed by atoms with E-state index in [1.54, 1.807) is 4.90 Å². The molecule has 2 aliphatic heterocycles. The fraction of sp³-hybridized carbons (Fsp3) is 0.591. The van der Waals surface area contributed by atoms with Gasteiger partial charge in [0.25, 0.3) is 5.91 Å². The fourth-order valence-corrected chi connectivity index (χ4v) is 5.04. The summed E-state index contributed by atoms with van der Waals surface area (Å²) in [6.45, 7) is 4.47. The Kier molecular flexibility index (Phi) is 5.91. The maximum absolute atomic E-state index is 13.0. The van der Waals surface area contributed by atoms with Crippen molar-refractivity contribution in [2.45, 2.75) is 44.6 Å². The van der Waals surface area contributed by atoms with E-state index in [4.69, 9.17) is 11.6 Å². The molecule has 3 fully saturated rings. The van der Waals surface area contributed by atoms with Crippen LogP contribution in [-0.2, 0) is 9.59 Å². The van der Waals surface area contributed by atoms with Crippen LogP contribution < -0.4 is 10.2 Å². The largest absolute Gasteiger partial charge is 0.368 e. The number of nitrogens with one attached hydrogen (secondary N) is 1. The number of amides is 4. The average Bonchev–Trinajstić information content (AvgIpc) is 2.98. The topological polar surface area (TPSA) is 73.0 Å². The highest BCUT2D eigenvalue weighted by molar-refractivity contribution is 6.30. The highest BCUT2D eigenvalue weighted by Crippen LogP contribution is 2.37. The zero-order valence-corrected chi connectivity index (χ0v) is 18.2. The van der Waals surface area contributed by atoms with Crippen molar-refractivity contribution in [1.82, 2.24) is 15.1 Å². The molecule has 1 N–H and O–H groups in total. The zero-order chi connectivity index (χ0) is 21.3. The summed E-state index contributed by atoms with van der Waals surface area (Å²) in [6, 6.07) is 7.24. The first-order valence-electron chi connectivity index (χ1n) is 10.8. The number of halogens is 1. The summed E-state index contributed by atoms with van der Waals surface area (Å²) in [5.41, 5.74) is 0.238. The first kappa shape index (κ1) is 21.0. The Hall–Kier alpha value is -2.28. The first-order chi connectivity index (χ1) is 14.4. The molecule has 30 heavy (non-hydrogen) atoms. The van der Waals surface area contributed by atoms with Gasteiger partial charge < -0.3 is 15.1 Å². The van der Waals surface area contributed by atoms with Crippen LogP contribution >= 0.6 is 11.6 Å². The molecular formula is C22H29ClN4O3. The van der Waals surface area contributed by atoms with Gasteiger partial charge in [-0.25, -0.2) is 4.79 Å². The second-order valence-corrected chi connectivity index (χ2v) is 9.04. The molecular weight excluding hydrogens is 404 g/mol. The van der Waals surface area contributed by atoms with E-state index < -0.39 is 11.6 Å². The van der Waals surface area contributed by atoms with Crippen LogP contribution in [-0.4, -0.2) is 65.9 Å². The van der Waals surface area contributed by atoms with Crippen molar-refractivity contribution in [3.05, 3.63) is 29.3 Å². The molecule has 1 spiro atoms. The molecule has 2 heterocycles. The van der Waals surface area contributed by atoms with Crippen molar-refractivity contribution in [3.63, 3.8) is 0 Å². The number of imide groups is 1. The lowest BCUT2D eigenvalue weighted by Crippen LogP contribution is -2.53. The molecule has 162 valence electrons. The van der Waals surface area contributed by atoms with Gasteiger partial charge in [0.05, 0.1) is 0 Å². The second kappa shape index (κ2) is 8.46. The van der Waals surface area contributed by atoms with E-state index in [1.165, 1.54) is 0 Å². The average molecular weight is 433 g/mol. The molecule has 1 saturated carbocycles. The highest BCUT2D eigenvalue weighted by Gasteiger charge is 2.52. The van der Waals surface area contributed by atoms with Gasteiger partial charge in [0.1, 0.15) is 12.1 Å². The molecule has 0 unspecified atom stereocenters. The molecule has 3 aliphatic rings. The van der Waals surface area contributed by atoms with Gasteiger partial charge in [-0.3, -0.25) is 14.5 Å². The zero-order valence-electron chi connectivity index (χ0n) is 17.4. The summed E-state index contributed by atoms with van der Waals surface area (Å²) in [4.78, 5) is 43.4. The first-order valence-corrected chi connectivity index (χ1v) is 11.2. The van der Waals surface area contributed by atoms with E-state index in [1.807, 2.05) is 24.3 Å². The van der Waals surface area contributed by atoms with Crippen LogP contribution in [0.2, 0.25) is 5.02 Å². The molecule has 4 amide bonds. The SMILES string of the molecule is CCC1CCC2(CC1)NC(=O)N(CC(=O)N1CCN(c3cccc(Cl)c3)CC1)C2=O. The molecule has 0 aromatic heterocycles. The molecule has 7 nitrogen and oxygen atoms in total. The third kappa shape index (κ3) is 4.00. The van der Waals surface area contributed by atoms with Crippen molar-refractivity contribution in [3.8, 4) is 0 Å². The number of benzene rings is 1. The van der Waals surface area contributed by atoms with Gasteiger partial charge >= 0.3 is 6.03 Å². The lowest BCUT2D eigenvalue weighted by atomic mass is 9.75. The number of hydrogen-bond donors (Lipinski definition) is 1. The molecule has 0 bridgehead atoms. The summed E-state index contributed by atoms with van der Waals surface area (Å²) >= 11 is 6.08. The van der Waals surface area contributed by atoms with Crippen LogP contribution in [0.3, 0.4) is 0 Å². The minimum absolute atomic E-state index is 0.177. The minimum Gasteiger partial charge on any atom is -0.368 e. The molecule has 4 rings (SSSR count). The molecule has 0 radical (unpaired) electrons. The van der Waals surface area contributed by atoms with Gasteiger partial charge in [-0.15, -0.1) is 0 Å². The molecule has 8 heteroatoms. The van der Waals surface area contributed by atoms with Crippen LogP contribution in [0.15, 0.2) is 24.3 Å². The summed E-state index contributed by atoms with van der Waals surface area (Å²) < 4.78 is 0. The molecule has 1 aromatic carbocycles. The van der Waals surface area contributed by atoms with Gasteiger partial charge in [-0.2, -0.15) is 0 Å². The Morgan fingerprint density at radius 2 is 1.87 bits per heavy atom. The molecule has 1 aliphatic carbocycles. The van der Waals surface area contributed by atoms with E-state index in [9.17, 15) is 14.4 Å². The third-order valence-electron chi connectivity index (χ3n) is 6.88. The smallest absolute Gasteiger partial charge is 0.325 e. The lowest BCUT2D eigenvalue weighted by Gasteiger charge is -2.37. The van der Waals surface area contributed by atoms with Gasteiger partial charge in [0.15, 0.2) is 0 Å². The van der Waals surface area contributed by atoms with Gasteiger partial charge in [0.2, 0.25) is 5.91 Å². The van der Waals surface area contributed by atoms with Crippen molar-refractivity contribution in [2.24, 2.45) is 5.92 Å². The Bertz CT molecular complexity index is 829. The number of nitrogens with zero attached hydrogens (tertiary/aromatic N) is 3. The maximum atomic E-state index is 13.0. The molecule has 2 saturated heterocycles. The van der Waals surface area contributed by atoms with E-state index in [-0.39, 0.29) is 18.4 Å². The standard InChI is InChI=1S/C22H29ClN4O3/c1-2-16-6-8-22(9-7-16)20(29)27(21(30)24-22)15-19(28)26-12-10-25(11-13-26)18-5-3-4-17(23)14-18/h3-5,14,16H,2,6-13,15H2,1H3,(H,24,30). The number of carbonyl (C=O) groups is 3. The van der Waals surface area contributed by atoms with E-state index >= 15 is 0 Å². The number of hydrogen-bond acceptors (Lipinski definition) is 4. The van der Waals surface area contributed by atoms with Crippen LogP contribution in [0.5, 0.6) is 0 Å². The Morgan fingerprint density at radius 3 is 2.50 bits per heavy atom. The van der Waals surface area contributed by atoms with Gasteiger partial charge in [0, 0.05) is 36.9 Å². The third-order valence-corrected chi connectivity index (χ3v) is 7.12. The number of carbonyl (C=O) groups excluding carboxylic acids is 3. The van der Waals surface area contributed by atoms with Crippen molar-refractivity contribution < 1.29 is 14.4 Å². The number of anilines is 1.